The largest absolute Gasteiger partial charge is 0.378 e. The number of halogens is 2. The molecule has 1 amide bonds. The first-order valence-electron chi connectivity index (χ1n) is 15.9. The van der Waals surface area contributed by atoms with Crippen LogP contribution in [0.15, 0.2) is 30.3 Å². The summed E-state index contributed by atoms with van der Waals surface area (Å²) in [4.78, 5) is 31.1. The molecule has 0 radical (unpaired) electrons. The van der Waals surface area contributed by atoms with E-state index < -0.39 is 6.43 Å². The van der Waals surface area contributed by atoms with E-state index in [0.29, 0.717) is 61.3 Å². The first-order chi connectivity index (χ1) is 20.9. The Hall–Kier alpha value is -3.18. The molecule has 232 valence electrons. The number of fused-ring (bicyclic) bond motifs is 1. The minimum Gasteiger partial charge on any atom is -0.378 e. The number of ether oxygens (including phenoxy) is 1. The topological polar surface area (TPSA) is 88.4 Å². The van der Waals surface area contributed by atoms with E-state index in [0.717, 1.165) is 70.3 Å². The van der Waals surface area contributed by atoms with Crippen LogP contribution in [-0.4, -0.2) is 82.8 Å². The normalized spacial score (nSPS) is 23.6. The predicted molar refractivity (Wildman–Crippen MR) is 162 cm³/mol. The average molecular weight is 596 g/mol. The van der Waals surface area contributed by atoms with E-state index in [-0.39, 0.29) is 23.7 Å². The van der Waals surface area contributed by atoms with Gasteiger partial charge in [-0.15, -0.1) is 0 Å². The SMILES string of the molecule is CN1CCC[C@@H](C(=O)NC2CCC(CCCc3nc(N4CCOCC4)cc(-n4c(C(F)F)nc5ccccc54)n3)CC2)C1. The Balaban J connectivity index is 1.11. The van der Waals surface area contributed by atoms with Crippen LogP contribution in [-0.2, 0) is 16.0 Å². The summed E-state index contributed by atoms with van der Waals surface area (Å²) >= 11 is 0. The molecule has 6 rings (SSSR count). The second kappa shape index (κ2) is 13.6. The van der Waals surface area contributed by atoms with Gasteiger partial charge in [-0.25, -0.2) is 23.7 Å². The van der Waals surface area contributed by atoms with Crippen LogP contribution in [0.25, 0.3) is 16.9 Å². The fraction of sp³-hybridized carbons (Fsp3) is 0.625. The molecule has 1 aromatic carbocycles. The number of piperidine rings is 1. The van der Waals surface area contributed by atoms with Crippen molar-refractivity contribution in [1.29, 1.82) is 0 Å². The number of hydrogen-bond donors (Lipinski definition) is 1. The van der Waals surface area contributed by atoms with Crippen molar-refractivity contribution in [2.24, 2.45) is 11.8 Å². The summed E-state index contributed by atoms with van der Waals surface area (Å²) in [6, 6.07) is 9.26. The standard InChI is InChI=1S/C32H43F2N7O2/c1-39-15-5-7-23(21-39)32(42)35-24-13-11-22(12-14-24)6-4-10-27-37-28(40-16-18-43-19-17-40)20-29(38-27)41-26-9-3-2-8-25(26)36-31(41)30(33)34/h2-3,8-9,20,22-24,30H,4-7,10-19,21H2,1H3,(H,35,42)/t22?,23-,24?/m1/s1. The fourth-order valence-electron chi connectivity index (χ4n) is 6.93. The van der Waals surface area contributed by atoms with Crippen molar-refractivity contribution in [3.8, 4) is 5.82 Å². The molecule has 11 heteroatoms. The van der Waals surface area contributed by atoms with E-state index in [1.54, 1.807) is 24.3 Å². The van der Waals surface area contributed by atoms with Gasteiger partial charge < -0.3 is 19.9 Å². The molecule has 1 atom stereocenters. The van der Waals surface area contributed by atoms with Crippen LogP contribution in [0.5, 0.6) is 0 Å². The number of carbonyl (C=O) groups is 1. The highest BCUT2D eigenvalue weighted by Gasteiger charge is 2.28. The number of imidazole rings is 1. The third-order valence-electron chi connectivity index (χ3n) is 9.29. The van der Waals surface area contributed by atoms with Gasteiger partial charge in [-0.2, -0.15) is 0 Å². The molecule has 1 N–H and O–H groups in total. The van der Waals surface area contributed by atoms with Crippen LogP contribution in [0.2, 0.25) is 0 Å². The minimum atomic E-state index is -2.73. The van der Waals surface area contributed by atoms with Gasteiger partial charge in [0.25, 0.3) is 6.43 Å². The van der Waals surface area contributed by atoms with Crippen LogP contribution in [0, 0.1) is 11.8 Å². The maximum atomic E-state index is 14.1. The summed E-state index contributed by atoms with van der Waals surface area (Å²) in [6.07, 6.45) is 6.26. The van der Waals surface area contributed by atoms with Crippen LogP contribution >= 0.6 is 0 Å². The Bertz CT molecular complexity index is 1390. The van der Waals surface area contributed by atoms with Crippen molar-refractivity contribution in [3.63, 3.8) is 0 Å². The molecule has 3 aliphatic rings. The summed E-state index contributed by atoms with van der Waals surface area (Å²) < 4.78 is 35.3. The molecule has 4 heterocycles. The van der Waals surface area contributed by atoms with Gasteiger partial charge in [0, 0.05) is 38.2 Å². The molecule has 1 saturated carbocycles. The number of nitrogens with zero attached hydrogens (tertiary/aromatic N) is 6. The van der Waals surface area contributed by atoms with Crippen molar-refractivity contribution in [2.75, 3.05) is 51.3 Å². The second-order valence-corrected chi connectivity index (χ2v) is 12.4. The number of hydrogen-bond acceptors (Lipinski definition) is 7. The van der Waals surface area contributed by atoms with E-state index in [9.17, 15) is 13.6 Å². The lowest BCUT2D eigenvalue weighted by Gasteiger charge is -2.33. The Morgan fingerprint density at radius 2 is 1.79 bits per heavy atom. The van der Waals surface area contributed by atoms with Crippen molar-refractivity contribution >= 4 is 22.8 Å². The van der Waals surface area contributed by atoms with Crippen LogP contribution in [0.3, 0.4) is 0 Å². The lowest BCUT2D eigenvalue weighted by atomic mass is 9.83. The number of aromatic nitrogens is 4. The van der Waals surface area contributed by atoms with Crippen molar-refractivity contribution in [2.45, 2.75) is 70.3 Å². The van der Waals surface area contributed by atoms with Gasteiger partial charge in [0.05, 0.1) is 30.2 Å². The highest BCUT2D eigenvalue weighted by atomic mass is 19.3. The Labute approximate surface area is 252 Å². The average Bonchev–Trinajstić information content (AvgIpc) is 3.43. The number of carbonyl (C=O) groups excluding carboxylic acids is 1. The van der Waals surface area contributed by atoms with Crippen LogP contribution < -0.4 is 10.2 Å². The van der Waals surface area contributed by atoms with Crippen molar-refractivity contribution < 1.29 is 18.3 Å². The molecule has 3 aromatic rings. The number of likely N-dealkylation sites (tertiary alicyclic amines) is 1. The molecule has 0 unspecified atom stereocenters. The van der Waals surface area contributed by atoms with Gasteiger partial charge in [-0.05, 0) is 76.6 Å². The number of anilines is 1. The summed E-state index contributed by atoms with van der Waals surface area (Å²) in [5, 5.41) is 3.33. The highest BCUT2D eigenvalue weighted by molar-refractivity contribution is 5.79. The van der Waals surface area contributed by atoms with Gasteiger partial charge in [0.1, 0.15) is 17.5 Å². The molecule has 9 nitrogen and oxygen atoms in total. The Kier molecular flexibility index (Phi) is 9.47. The lowest BCUT2D eigenvalue weighted by Crippen LogP contribution is -2.45. The van der Waals surface area contributed by atoms with Gasteiger partial charge in [0.15, 0.2) is 5.82 Å². The quantitative estimate of drug-likeness (QED) is 0.375. The first kappa shape index (κ1) is 29.9. The maximum absolute atomic E-state index is 14.1. The molecule has 3 fully saturated rings. The fourth-order valence-corrected chi connectivity index (χ4v) is 6.93. The van der Waals surface area contributed by atoms with Crippen molar-refractivity contribution in [3.05, 3.63) is 42.0 Å². The number of nitrogens with one attached hydrogen (secondary N) is 1. The molecule has 0 spiro atoms. The van der Waals surface area contributed by atoms with E-state index in [1.165, 1.54) is 4.57 Å². The number of aryl methyl sites for hydroxylation is 1. The molecule has 0 bridgehead atoms. The van der Waals surface area contributed by atoms with E-state index in [2.05, 4.69) is 27.1 Å². The third kappa shape index (κ3) is 7.15. The maximum Gasteiger partial charge on any atom is 0.296 e. The van der Waals surface area contributed by atoms with Gasteiger partial charge >= 0.3 is 0 Å². The lowest BCUT2D eigenvalue weighted by molar-refractivity contribution is -0.127. The van der Waals surface area contributed by atoms with E-state index in [4.69, 9.17) is 14.7 Å². The van der Waals surface area contributed by atoms with E-state index in [1.807, 2.05) is 6.07 Å². The van der Waals surface area contributed by atoms with E-state index >= 15 is 0 Å². The monoisotopic (exact) mass is 595 g/mol. The molecule has 2 aromatic heterocycles. The third-order valence-corrected chi connectivity index (χ3v) is 9.29. The smallest absolute Gasteiger partial charge is 0.296 e. The number of amides is 1. The van der Waals surface area contributed by atoms with Crippen LogP contribution in [0.4, 0.5) is 14.6 Å². The Morgan fingerprint density at radius 3 is 2.56 bits per heavy atom. The summed E-state index contributed by atoms with van der Waals surface area (Å²) in [7, 11) is 2.09. The van der Waals surface area contributed by atoms with Gasteiger partial charge in [-0.3, -0.25) is 9.36 Å². The van der Waals surface area contributed by atoms with Gasteiger partial charge in [0.2, 0.25) is 5.91 Å². The minimum absolute atomic E-state index is 0.117. The zero-order chi connectivity index (χ0) is 29.8. The number of morpholine rings is 1. The number of para-hydroxylation sites is 2. The molecule has 43 heavy (non-hydrogen) atoms. The molecule has 2 aliphatic heterocycles. The molecule has 2 saturated heterocycles. The molecular formula is C32H43F2N7O2. The predicted octanol–water partition coefficient (Wildman–Crippen LogP) is 4.93. The number of alkyl halides is 2. The zero-order valence-corrected chi connectivity index (χ0v) is 25.1. The Morgan fingerprint density at radius 1 is 1.02 bits per heavy atom. The first-order valence-corrected chi connectivity index (χ1v) is 15.9. The molecular weight excluding hydrogens is 552 g/mol. The van der Waals surface area contributed by atoms with Gasteiger partial charge in [-0.1, -0.05) is 18.6 Å². The summed E-state index contributed by atoms with van der Waals surface area (Å²) in [5.74, 6) is 2.47. The number of rotatable bonds is 9. The second-order valence-electron chi connectivity index (χ2n) is 12.4. The summed E-state index contributed by atoms with van der Waals surface area (Å²) in [6.45, 7) is 4.53. The zero-order valence-electron chi connectivity index (χ0n) is 25.1. The summed E-state index contributed by atoms with van der Waals surface area (Å²) in [5.41, 5.74) is 1.12. The van der Waals surface area contributed by atoms with Crippen molar-refractivity contribution in [1.82, 2.24) is 29.7 Å². The number of benzene rings is 1. The molecule has 1 aliphatic carbocycles. The highest BCUT2D eigenvalue weighted by Crippen LogP contribution is 2.31. The van der Waals surface area contributed by atoms with Crippen LogP contribution in [0.1, 0.15) is 69.4 Å².